The number of carboxylic acids is 1. The number of benzene rings is 1. The summed E-state index contributed by atoms with van der Waals surface area (Å²) in [4.78, 5) is 21.2. The Labute approximate surface area is 115 Å². The second-order valence-electron chi connectivity index (χ2n) is 4.74. The number of hydrogen-bond acceptors (Lipinski definition) is 5. The first kappa shape index (κ1) is 14.3. The van der Waals surface area contributed by atoms with Crippen molar-refractivity contribution in [3.63, 3.8) is 0 Å². The van der Waals surface area contributed by atoms with Crippen molar-refractivity contribution in [2.75, 3.05) is 25.1 Å². The van der Waals surface area contributed by atoms with Gasteiger partial charge in [0, 0.05) is 37.6 Å². The fraction of sp³-hybridized carbons (Fsp3) is 0.462. The molecule has 108 valence electrons. The summed E-state index contributed by atoms with van der Waals surface area (Å²) in [6.45, 7) is 2.14. The maximum absolute atomic E-state index is 11.1. The van der Waals surface area contributed by atoms with Crippen LogP contribution in [0.2, 0.25) is 0 Å². The molecule has 0 radical (unpaired) electrons. The molecule has 0 aromatic heterocycles. The zero-order chi connectivity index (χ0) is 14.5. The molecule has 0 bridgehead atoms. The zero-order valence-corrected chi connectivity index (χ0v) is 10.9. The summed E-state index contributed by atoms with van der Waals surface area (Å²) < 4.78 is 5.27. The number of nitro groups is 1. The lowest BCUT2D eigenvalue weighted by Crippen LogP contribution is -2.12. The first-order chi connectivity index (χ1) is 9.58. The molecule has 7 nitrogen and oxygen atoms in total. The highest BCUT2D eigenvalue weighted by atomic mass is 16.6. The number of rotatable bonds is 6. The van der Waals surface area contributed by atoms with Crippen LogP contribution >= 0.6 is 0 Å². The molecular formula is C13H16N2O5. The van der Waals surface area contributed by atoms with Crippen molar-refractivity contribution in [3.05, 3.63) is 33.9 Å². The van der Waals surface area contributed by atoms with Crippen molar-refractivity contribution in [3.8, 4) is 0 Å². The van der Waals surface area contributed by atoms with E-state index >= 15 is 0 Å². The highest BCUT2D eigenvalue weighted by Gasteiger charge is 2.17. The van der Waals surface area contributed by atoms with E-state index in [9.17, 15) is 14.9 Å². The number of nitrogens with one attached hydrogen (secondary N) is 1. The summed E-state index contributed by atoms with van der Waals surface area (Å²) >= 11 is 0. The molecule has 2 rings (SSSR count). The summed E-state index contributed by atoms with van der Waals surface area (Å²) in [5, 5.41) is 22.8. The van der Waals surface area contributed by atoms with Crippen LogP contribution in [0.3, 0.4) is 0 Å². The third-order valence-electron chi connectivity index (χ3n) is 3.34. The molecular weight excluding hydrogens is 264 g/mol. The minimum Gasteiger partial charge on any atom is -0.478 e. The topological polar surface area (TPSA) is 102 Å². The number of non-ortho nitro benzene ring substituents is 1. The minimum absolute atomic E-state index is 0.0816. The van der Waals surface area contributed by atoms with Crippen LogP contribution in [0, 0.1) is 16.0 Å². The van der Waals surface area contributed by atoms with E-state index < -0.39 is 10.9 Å². The van der Waals surface area contributed by atoms with Crippen LogP contribution in [0.4, 0.5) is 11.4 Å². The molecule has 20 heavy (non-hydrogen) atoms. The Morgan fingerprint density at radius 1 is 1.55 bits per heavy atom. The molecule has 0 aliphatic carbocycles. The molecule has 1 fully saturated rings. The number of anilines is 1. The Hall–Kier alpha value is -2.15. The SMILES string of the molecule is O=C(O)c1cc([N+](=O)[O-])ccc1NCCC1CCOC1. The molecule has 1 aliphatic heterocycles. The number of carboxylic acid groups (broad SMARTS) is 1. The van der Waals surface area contributed by atoms with E-state index in [2.05, 4.69) is 5.32 Å². The van der Waals surface area contributed by atoms with Crippen molar-refractivity contribution in [1.82, 2.24) is 0 Å². The molecule has 2 N–H and O–H groups in total. The first-order valence-electron chi connectivity index (χ1n) is 6.41. The van der Waals surface area contributed by atoms with Gasteiger partial charge in [-0.15, -0.1) is 0 Å². The van der Waals surface area contributed by atoms with Gasteiger partial charge in [0.25, 0.3) is 5.69 Å². The van der Waals surface area contributed by atoms with E-state index in [4.69, 9.17) is 9.84 Å². The van der Waals surface area contributed by atoms with E-state index in [1.807, 2.05) is 0 Å². The van der Waals surface area contributed by atoms with Gasteiger partial charge < -0.3 is 15.2 Å². The van der Waals surface area contributed by atoms with Gasteiger partial charge in [-0.2, -0.15) is 0 Å². The smallest absolute Gasteiger partial charge is 0.338 e. The van der Waals surface area contributed by atoms with Crippen LogP contribution in [-0.2, 0) is 4.74 Å². The van der Waals surface area contributed by atoms with Gasteiger partial charge in [0.1, 0.15) is 0 Å². The van der Waals surface area contributed by atoms with Gasteiger partial charge in [-0.05, 0) is 24.8 Å². The molecule has 1 aromatic rings. The third-order valence-corrected chi connectivity index (χ3v) is 3.34. The van der Waals surface area contributed by atoms with Gasteiger partial charge >= 0.3 is 5.97 Å². The fourth-order valence-electron chi connectivity index (χ4n) is 2.20. The van der Waals surface area contributed by atoms with Gasteiger partial charge in [0.05, 0.1) is 10.5 Å². The largest absolute Gasteiger partial charge is 0.478 e. The quantitative estimate of drug-likeness (QED) is 0.611. The predicted molar refractivity (Wildman–Crippen MR) is 72.1 cm³/mol. The molecule has 1 aromatic carbocycles. The number of carbonyl (C=O) groups is 1. The van der Waals surface area contributed by atoms with Gasteiger partial charge in [0.2, 0.25) is 0 Å². The second kappa shape index (κ2) is 6.33. The highest BCUT2D eigenvalue weighted by molar-refractivity contribution is 5.95. The minimum atomic E-state index is -1.18. The summed E-state index contributed by atoms with van der Waals surface area (Å²) in [5.41, 5.74) is 0.0982. The van der Waals surface area contributed by atoms with Crippen LogP contribution in [0.1, 0.15) is 23.2 Å². The molecule has 0 saturated carbocycles. The van der Waals surface area contributed by atoms with Crippen molar-refractivity contribution in [1.29, 1.82) is 0 Å². The molecule has 1 aliphatic rings. The molecule has 7 heteroatoms. The van der Waals surface area contributed by atoms with E-state index in [-0.39, 0.29) is 11.3 Å². The Bertz CT molecular complexity index is 511. The standard InChI is InChI=1S/C13H16N2O5/c16-13(17)11-7-10(15(18)19)1-2-12(11)14-5-3-9-4-6-20-8-9/h1-2,7,9,14H,3-6,8H2,(H,16,17). The Morgan fingerprint density at radius 3 is 2.95 bits per heavy atom. The molecule has 0 spiro atoms. The Balaban J connectivity index is 2.02. The lowest BCUT2D eigenvalue weighted by Gasteiger charge is -2.11. The number of hydrogen-bond donors (Lipinski definition) is 2. The number of nitro benzene ring substituents is 1. The van der Waals surface area contributed by atoms with Gasteiger partial charge in [-0.1, -0.05) is 0 Å². The number of ether oxygens (including phenoxy) is 1. The maximum Gasteiger partial charge on any atom is 0.338 e. The van der Waals surface area contributed by atoms with Crippen LogP contribution < -0.4 is 5.32 Å². The molecule has 1 atom stereocenters. The van der Waals surface area contributed by atoms with E-state index in [1.165, 1.54) is 12.1 Å². The van der Waals surface area contributed by atoms with Crippen molar-refractivity contribution in [2.24, 2.45) is 5.92 Å². The van der Waals surface area contributed by atoms with Crippen molar-refractivity contribution >= 4 is 17.3 Å². The summed E-state index contributed by atoms with van der Waals surface area (Å²) in [7, 11) is 0. The first-order valence-corrected chi connectivity index (χ1v) is 6.41. The van der Waals surface area contributed by atoms with E-state index in [0.29, 0.717) is 18.2 Å². The lowest BCUT2D eigenvalue weighted by molar-refractivity contribution is -0.384. The second-order valence-corrected chi connectivity index (χ2v) is 4.74. The average Bonchev–Trinajstić information content (AvgIpc) is 2.91. The molecule has 1 unspecified atom stereocenters. The Kier molecular flexibility index (Phi) is 4.52. The summed E-state index contributed by atoms with van der Waals surface area (Å²) in [6, 6.07) is 3.81. The third kappa shape index (κ3) is 3.45. The zero-order valence-electron chi connectivity index (χ0n) is 10.9. The average molecular weight is 280 g/mol. The Morgan fingerprint density at radius 2 is 2.35 bits per heavy atom. The molecule has 1 heterocycles. The summed E-state index contributed by atoms with van der Waals surface area (Å²) in [5.74, 6) is -0.686. The fourth-order valence-corrected chi connectivity index (χ4v) is 2.20. The van der Waals surface area contributed by atoms with Gasteiger partial charge in [-0.3, -0.25) is 10.1 Å². The molecule has 1 saturated heterocycles. The highest BCUT2D eigenvalue weighted by Crippen LogP contribution is 2.23. The van der Waals surface area contributed by atoms with Gasteiger partial charge in [0.15, 0.2) is 0 Å². The van der Waals surface area contributed by atoms with Crippen LogP contribution in [0.15, 0.2) is 18.2 Å². The molecule has 0 amide bonds. The van der Waals surface area contributed by atoms with Crippen molar-refractivity contribution < 1.29 is 19.6 Å². The number of nitrogens with zero attached hydrogens (tertiary/aromatic N) is 1. The normalized spacial score (nSPS) is 17.9. The van der Waals surface area contributed by atoms with Crippen LogP contribution in [0.25, 0.3) is 0 Å². The van der Waals surface area contributed by atoms with Crippen LogP contribution in [-0.4, -0.2) is 35.8 Å². The number of aromatic carboxylic acids is 1. The van der Waals surface area contributed by atoms with Gasteiger partial charge in [-0.25, -0.2) is 4.79 Å². The monoisotopic (exact) mass is 280 g/mol. The lowest BCUT2D eigenvalue weighted by atomic mass is 10.1. The van der Waals surface area contributed by atoms with E-state index in [1.54, 1.807) is 0 Å². The predicted octanol–water partition coefficient (Wildman–Crippen LogP) is 2.13. The maximum atomic E-state index is 11.1. The van der Waals surface area contributed by atoms with Crippen molar-refractivity contribution in [2.45, 2.75) is 12.8 Å². The van der Waals surface area contributed by atoms with E-state index in [0.717, 1.165) is 32.1 Å². The summed E-state index contributed by atoms with van der Waals surface area (Å²) in [6.07, 6.45) is 1.91. The van der Waals surface area contributed by atoms with Crippen LogP contribution in [0.5, 0.6) is 0 Å².